The van der Waals surface area contributed by atoms with Gasteiger partial charge in [-0.1, -0.05) is 0 Å². The molecule has 1 rings (SSSR count). The third-order valence-electron chi connectivity index (χ3n) is 1.43. The van der Waals surface area contributed by atoms with Crippen molar-refractivity contribution in [1.29, 1.82) is 0 Å². The molecule has 0 aliphatic carbocycles. The standard InChI is InChI=1S/C9H8Cl2OS/c10-5-6-13-8-3-1-7(2-4-8)9(11)12/h1-4H,5-6H2. The maximum absolute atomic E-state index is 10.7. The van der Waals surface area contributed by atoms with Gasteiger partial charge in [-0.15, -0.1) is 23.4 Å². The van der Waals surface area contributed by atoms with Crippen LogP contribution in [0.25, 0.3) is 0 Å². The molecule has 0 heterocycles. The van der Waals surface area contributed by atoms with E-state index in [0.29, 0.717) is 11.4 Å². The molecule has 0 bridgehead atoms. The highest BCUT2D eigenvalue weighted by atomic mass is 35.5. The minimum absolute atomic E-state index is 0.422. The van der Waals surface area contributed by atoms with Crippen molar-refractivity contribution in [3.63, 3.8) is 0 Å². The van der Waals surface area contributed by atoms with E-state index in [4.69, 9.17) is 23.2 Å². The molecule has 4 heteroatoms. The normalized spacial score (nSPS) is 10.0. The highest BCUT2D eigenvalue weighted by Crippen LogP contribution is 2.18. The Kier molecular flexibility index (Phi) is 4.64. The Balaban J connectivity index is 2.64. The minimum Gasteiger partial charge on any atom is -0.276 e. The van der Waals surface area contributed by atoms with Crippen molar-refractivity contribution in [3.05, 3.63) is 29.8 Å². The molecule has 0 saturated carbocycles. The highest BCUT2D eigenvalue weighted by Gasteiger charge is 2.00. The Morgan fingerprint density at radius 1 is 1.31 bits per heavy atom. The van der Waals surface area contributed by atoms with Gasteiger partial charge in [0.1, 0.15) is 0 Å². The van der Waals surface area contributed by atoms with Gasteiger partial charge in [0.25, 0.3) is 5.24 Å². The van der Waals surface area contributed by atoms with Gasteiger partial charge in [-0.3, -0.25) is 4.79 Å². The van der Waals surface area contributed by atoms with Crippen LogP contribution in [0.4, 0.5) is 0 Å². The molecule has 0 amide bonds. The van der Waals surface area contributed by atoms with Gasteiger partial charge in [0, 0.05) is 22.1 Å². The summed E-state index contributed by atoms with van der Waals surface area (Å²) in [7, 11) is 0. The summed E-state index contributed by atoms with van der Waals surface area (Å²) in [4.78, 5) is 11.8. The molecule has 0 aliphatic rings. The van der Waals surface area contributed by atoms with E-state index < -0.39 is 5.24 Å². The second kappa shape index (κ2) is 5.53. The number of halogens is 2. The van der Waals surface area contributed by atoms with Gasteiger partial charge in [-0.25, -0.2) is 0 Å². The summed E-state index contributed by atoms with van der Waals surface area (Å²) in [5.41, 5.74) is 0.525. The Labute approximate surface area is 91.4 Å². The van der Waals surface area contributed by atoms with Crippen LogP contribution in [0.1, 0.15) is 10.4 Å². The molecule has 1 aromatic rings. The summed E-state index contributed by atoms with van der Waals surface area (Å²) in [6.07, 6.45) is 0. The summed E-state index contributed by atoms with van der Waals surface area (Å²) in [6, 6.07) is 7.16. The van der Waals surface area contributed by atoms with Gasteiger partial charge in [0.05, 0.1) is 0 Å². The summed E-state index contributed by atoms with van der Waals surface area (Å²) in [6.45, 7) is 0. The number of hydrogen-bond acceptors (Lipinski definition) is 2. The first-order chi connectivity index (χ1) is 6.24. The largest absolute Gasteiger partial charge is 0.276 e. The van der Waals surface area contributed by atoms with Crippen molar-refractivity contribution in [2.24, 2.45) is 0 Å². The number of carbonyl (C=O) groups excluding carboxylic acids is 1. The smallest absolute Gasteiger partial charge is 0.252 e. The average Bonchev–Trinajstić information content (AvgIpc) is 2.15. The molecule has 0 aromatic heterocycles. The second-order valence-electron chi connectivity index (χ2n) is 2.34. The fourth-order valence-corrected chi connectivity index (χ4v) is 1.84. The number of alkyl halides is 1. The highest BCUT2D eigenvalue weighted by molar-refractivity contribution is 7.99. The van der Waals surface area contributed by atoms with Crippen molar-refractivity contribution in [3.8, 4) is 0 Å². The van der Waals surface area contributed by atoms with E-state index in [2.05, 4.69) is 0 Å². The zero-order chi connectivity index (χ0) is 9.68. The molecule has 0 fully saturated rings. The molecule has 0 N–H and O–H groups in total. The minimum atomic E-state index is -0.422. The maximum atomic E-state index is 10.7. The molecule has 0 unspecified atom stereocenters. The Morgan fingerprint density at radius 3 is 2.38 bits per heavy atom. The van der Waals surface area contributed by atoms with Crippen LogP contribution in [-0.4, -0.2) is 16.9 Å². The van der Waals surface area contributed by atoms with Crippen molar-refractivity contribution >= 4 is 40.2 Å². The fourth-order valence-electron chi connectivity index (χ4n) is 0.839. The molecule has 13 heavy (non-hydrogen) atoms. The molecule has 0 aliphatic heterocycles. The van der Waals surface area contributed by atoms with Gasteiger partial charge in [0.15, 0.2) is 0 Å². The third-order valence-corrected chi connectivity index (χ3v) is 3.07. The van der Waals surface area contributed by atoms with Crippen molar-refractivity contribution < 1.29 is 4.79 Å². The molecule has 0 atom stereocenters. The molecule has 1 nitrogen and oxygen atoms in total. The quantitative estimate of drug-likeness (QED) is 0.452. The van der Waals surface area contributed by atoms with Crippen LogP contribution in [0.5, 0.6) is 0 Å². The number of carbonyl (C=O) groups is 1. The van der Waals surface area contributed by atoms with Crippen LogP contribution < -0.4 is 0 Å². The number of hydrogen-bond donors (Lipinski definition) is 0. The lowest BCUT2D eigenvalue weighted by Crippen LogP contribution is -1.87. The first kappa shape index (κ1) is 10.9. The van der Waals surface area contributed by atoms with Crippen LogP contribution in [0.3, 0.4) is 0 Å². The van der Waals surface area contributed by atoms with Crippen LogP contribution in [0.15, 0.2) is 29.2 Å². The van der Waals surface area contributed by atoms with E-state index in [1.165, 1.54) is 0 Å². The van der Waals surface area contributed by atoms with Crippen molar-refractivity contribution in [1.82, 2.24) is 0 Å². The summed E-state index contributed by atoms with van der Waals surface area (Å²) in [5.74, 6) is 1.50. The zero-order valence-electron chi connectivity index (χ0n) is 6.80. The predicted molar refractivity (Wildman–Crippen MR) is 58.1 cm³/mol. The van der Waals surface area contributed by atoms with Crippen LogP contribution >= 0.6 is 35.0 Å². The number of rotatable bonds is 4. The molecule has 70 valence electrons. The second-order valence-corrected chi connectivity index (χ2v) is 4.23. The van der Waals surface area contributed by atoms with E-state index >= 15 is 0 Å². The van der Waals surface area contributed by atoms with Gasteiger partial charge >= 0.3 is 0 Å². The SMILES string of the molecule is O=C(Cl)c1ccc(SCCCl)cc1. The van der Waals surface area contributed by atoms with E-state index in [-0.39, 0.29) is 0 Å². The first-order valence-electron chi connectivity index (χ1n) is 3.72. The van der Waals surface area contributed by atoms with Gasteiger partial charge < -0.3 is 0 Å². The molecule has 0 radical (unpaired) electrons. The topological polar surface area (TPSA) is 17.1 Å². The lowest BCUT2D eigenvalue weighted by molar-refractivity contribution is 0.108. The van der Waals surface area contributed by atoms with Crippen LogP contribution in [0, 0.1) is 0 Å². The van der Waals surface area contributed by atoms with Crippen LogP contribution in [-0.2, 0) is 0 Å². The summed E-state index contributed by atoms with van der Waals surface area (Å²) >= 11 is 12.5. The molecule has 0 saturated heterocycles. The average molecular weight is 235 g/mol. The summed E-state index contributed by atoms with van der Waals surface area (Å²) < 4.78 is 0. The van der Waals surface area contributed by atoms with Gasteiger partial charge in [0.2, 0.25) is 0 Å². The number of benzene rings is 1. The Morgan fingerprint density at radius 2 is 1.92 bits per heavy atom. The molecular formula is C9H8Cl2OS. The molecular weight excluding hydrogens is 227 g/mol. The Bertz CT molecular complexity index is 284. The van der Waals surface area contributed by atoms with Crippen molar-refractivity contribution in [2.45, 2.75) is 4.90 Å². The predicted octanol–water partition coefficient (Wildman–Crippen LogP) is 3.40. The van der Waals surface area contributed by atoms with E-state index in [9.17, 15) is 4.79 Å². The fraction of sp³-hybridized carbons (Fsp3) is 0.222. The Hall–Kier alpha value is -0.180. The van der Waals surface area contributed by atoms with E-state index in [1.54, 1.807) is 23.9 Å². The third kappa shape index (κ3) is 3.59. The van der Waals surface area contributed by atoms with Crippen molar-refractivity contribution in [2.75, 3.05) is 11.6 Å². The lowest BCUT2D eigenvalue weighted by Gasteiger charge is -1.99. The van der Waals surface area contributed by atoms with Crippen LogP contribution in [0.2, 0.25) is 0 Å². The van der Waals surface area contributed by atoms with E-state index in [0.717, 1.165) is 10.6 Å². The monoisotopic (exact) mass is 234 g/mol. The zero-order valence-corrected chi connectivity index (χ0v) is 9.12. The summed E-state index contributed by atoms with van der Waals surface area (Å²) in [5, 5.41) is -0.422. The lowest BCUT2D eigenvalue weighted by atomic mass is 10.2. The molecule has 0 spiro atoms. The van der Waals surface area contributed by atoms with E-state index in [1.807, 2.05) is 12.1 Å². The van der Waals surface area contributed by atoms with Gasteiger partial charge in [-0.2, -0.15) is 0 Å². The van der Waals surface area contributed by atoms with Gasteiger partial charge in [-0.05, 0) is 35.9 Å². The number of thioether (sulfide) groups is 1. The molecule has 1 aromatic carbocycles. The first-order valence-corrected chi connectivity index (χ1v) is 5.62. The maximum Gasteiger partial charge on any atom is 0.252 e.